The van der Waals surface area contributed by atoms with Crippen molar-refractivity contribution in [2.75, 3.05) is 12.8 Å². The second kappa shape index (κ2) is 4.74. The number of aromatic nitrogens is 3. The Hall–Kier alpha value is -2.57. The molecule has 94 valence electrons. The highest BCUT2D eigenvalue weighted by molar-refractivity contribution is 5.96. The number of rotatable bonds is 3. The Bertz CT molecular complexity index is 579. The van der Waals surface area contributed by atoms with Gasteiger partial charge in [0.2, 0.25) is 11.8 Å². The van der Waals surface area contributed by atoms with Crippen LogP contribution in [0.15, 0.2) is 18.3 Å². The van der Waals surface area contributed by atoms with Gasteiger partial charge in [-0.05, 0) is 13.0 Å². The first-order valence-electron chi connectivity index (χ1n) is 5.14. The van der Waals surface area contributed by atoms with E-state index in [0.717, 1.165) is 5.69 Å². The lowest BCUT2D eigenvalue weighted by atomic mass is 10.2. The number of nitrogens with one attached hydrogen (secondary N) is 1. The molecule has 2 aromatic heterocycles. The summed E-state index contributed by atoms with van der Waals surface area (Å²) in [7, 11) is 1.28. The first kappa shape index (κ1) is 11.9. The average Bonchev–Trinajstić information content (AvgIpc) is 2.76. The number of esters is 1. The molecule has 0 aliphatic rings. The summed E-state index contributed by atoms with van der Waals surface area (Å²) in [6, 6.07) is 3.15. The average molecular weight is 248 g/mol. The monoisotopic (exact) mass is 248 g/mol. The summed E-state index contributed by atoms with van der Waals surface area (Å²) in [6.07, 6.45) is 1.41. The molecule has 0 unspecified atom stereocenters. The summed E-state index contributed by atoms with van der Waals surface area (Å²) < 4.78 is 9.98. The van der Waals surface area contributed by atoms with E-state index in [0.29, 0.717) is 5.88 Å². The van der Waals surface area contributed by atoms with Gasteiger partial charge in [-0.1, -0.05) is 0 Å². The van der Waals surface area contributed by atoms with E-state index in [2.05, 4.69) is 19.9 Å². The molecule has 0 atom stereocenters. The number of H-pyrrole nitrogens is 1. The van der Waals surface area contributed by atoms with E-state index >= 15 is 0 Å². The first-order valence-corrected chi connectivity index (χ1v) is 5.14. The predicted octanol–water partition coefficient (Wildman–Crippen LogP) is 1.27. The molecule has 0 radical (unpaired) electrons. The molecule has 0 saturated heterocycles. The Morgan fingerprint density at radius 1 is 1.50 bits per heavy atom. The lowest BCUT2D eigenvalue weighted by Crippen LogP contribution is -2.07. The quantitative estimate of drug-likeness (QED) is 0.793. The van der Waals surface area contributed by atoms with E-state index < -0.39 is 5.97 Å². The second-order valence-electron chi connectivity index (χ2n) is 3.56. The number of hydrogen-bond donors (Lipinski definition) is 2. The molecule has 0 amide bonds. The summed E-state index contributed by atoms with van der Waals surface area (Å²) in [5, 5.41) is 6.61. The Morgan fingerprint density at radius 2 is 2.28 bits per heavy atom. The molecule has 18 heavy (non-hydrogen) atoms. The second-order valence-corrected chi connectivity index (χ2v) is 3.56. The van der Waals surface area contributed by atoms with E-state index in [9.17, 15) is 4.79 Å². The SMILES string of the molecule is COC(=O)c1ccnc(Oc2cc(C)[nH]n2)c1N. The molecule has 0 aliphatic carbocycles. The van der Waals surface area contributed by atoms with E-state index in [-0.39, 0.29) is 17.1 Å². The maximum atomic E-state index is 11.4. The molecule has 0 fully saturated rings. The number of anilines is 1. The van der Waals surface area contributed by atoms with Crippen molar-refractivity contribution < 1.29 is 14.3 Å². The maximum Gasteiger partial charge on any atom is 0.340 e. The van der Waals surface area contributed by atoms with Gasteiger partial charge in [-0.15, -0.1) is 5.10 Å². The molecule has 0 aliphatic heterocycles. The number of carbonyl (C=O) groups is 1. The van der Waals surface area contributed by atoms with E-state index in [4.69, 9.17) is 10.5 Å². The first-order chi connectivity index (χ1) is 8.61. The van der Waals surface area contributed by atoms with Crippen LogP contribution in [0, 0.1) is 6.92 Å². The van der Waals surface area contributed by atoms with Gasteiger partial charge in [0.25, 0.3) is 0 Å². The van der Waals surface area contributed by atoms with Crippen LogP contribution in [0.5, 0.6) is 11.8 Å². The molecule has 7 nitrogen and oxygen atoms in total. The normalized spacial score (nSPS) is 10.1. The smallest absolute Gasteiger partial charge is 0.340 e. The standard InChI is InChI=1S/C11H12N4O3/c1-6-5-8(15-14-6)18-10-9(12)7(3-4-13-10)11(16)17-2/h3-5H,12H2,1-2H3,(H,14,15). The summed E-state index contributed by atoms with van der Waals surface area (Å²) in [4.78, 5) is 15.4. The van der Waals surface area contributed by atoms with Crippen LogP contribution in [0.4, 0.5) is 5.69 Å². The number of carbonyl (C=O) groups excluding carboxylic acids is 1. The van der Waals surface area contributed by atoms with Crippen molar-refractivity contribution in [1.82, 2.24) is 15.2 Å². The minimum atomic E-state index is -0.544. The van der Waals surface area contributed by atoms with Crippen molar-refractivity contribution in [1.29, 1.82) is 0 Å². The Kier molecular flexibility index (Phi) is 3.13. The Morgan fingerprint density at radius 3 is 2.89 bits per heavy atom. The number of aromatic amines is 1. The van der Waals surface area contributed by atoms with Crippen molar-refractivity contribution in [2.45, 2.75) is 6.92 Å². The third-order valence-electron chi connectivity index (χ3n) is 2.24. The third kappa shape index (κ3) is 2.24. The van der Waals surface area contributed by atoms with Crippen molar-refractivity contribution in [2.24, 2.45) is 0 Å². The van der Waals surface area contributed by atoms with Crippen molar-refractivity contribution in [3.63, 3.8) is 0 Å². The van der Waals surface area contributed by atoms with Crippen LogP contribution in [0.3, 0.4) is 0 Å². The number of nitrogens with two attached hydrogens (primary N) is 1. The molecule has 0 aromatic carbocycles. The van der Waals surface area contributed by atoms with Gasteiger partial charge >= 0.3 is 5.97 Å². The van der Waals surface area contributed by atoms with Crippen LogP contribution < -0.4 is 10.5 Å². The number of ether oxygens (including phenoxy) is 2. The van der Waals surface area contributed by atoms with Crippen LogP contribution in [-0.4, -0.2) is 28.3 Å². The highest BCUT2D eigenvalue weighted by atomic mass is 16.5. The highest BCUT2D eigenvalue weighted by Crippen LogP contribution is 2.27. The van der Waals surface area contributed by atoms with Crippen molar-refractivity contribution >= 4 is 11.7 Å². The van der Waals surface area contributed by atoms with Crippen LogP contribution in [0.2, 0.25) is 0 Å². The Balaban J connectivity index is 2.31. The fourth-order valence-electron chi connectivity index (χ4n) is 1.37. The maximum absolute atomic E-state index is 11.4. The summed E-state index contributed by atoms with van der Waals surface area (Å²) in [5.41, 5.74) is 6.95. The summed E-state index contributed by atoms with van der Waals surface area (Å²) in [5.74, 6) is -0.101. The van der Waals surface area contributed by atoms with Crippen molar-refractivity contribution in [3.05, 3.63) is 29.6 Å². The van der Waals surface area contributed by atoms with Crippen LogP contribution >= 0.6 is 0 Å². The lowest BCUT2D eigenvalue weighted by molar-refractivity contribution is 0.0601. The molecule has 2 heterocycles. The third-order valence-corrected chi connectivity index (χ3v) is 2.24. The Labute approximate surface area is 103 Å². The van der Waals surface area contributed by atoms with Crippen molar-refractivity contribution in [3.8, 4) is 11.8 Å². The zero-order valence-corrected chi connectivity index (χ0v) is 9.93. The van der Waals surface area contributed by atoms with Crippen LogP contribution in [0.1, 0.15) is 16.1 Å². The number of methoxy groups -OCH3 is 1. The fourth-order valence-corrected chi connectivity index (χ4v) is 1.37. The lowest BCUT2D eigenvalue weighted by Gasteiger charge is -2.07. The van der Waals surface area contributed by atoms with E-state index in [1.54, 1.807) is 6.07 Å². The van der Waals surface area contributed by atoms with Crippen LogP contribution in [-0.2, 0) is 4.74 Å². The number of hydrogen-bond acceptors (Lipinski definition) is 6. The minimum absolute atomic E-state index is 0.115. The number of aryl methyl sites for hydroxylation is 1. The fraction of sp³-hybridized carbons (Fsp3) is 0.182. The number of pyridine rings is 1. The van der Waals surface area contributed by atoms with Gasteiger partial charge in [-0.25, -0.2) is 9.78 Å². The van der Waals surface area contributed by atoms with Gasteiger partial charge in [0.05, 0.1) is 12.7 Å². The molecule has 3 N–H and O–H groups in total. The van der Waals surface area contributed by atoms with Gasteiger partial charge in [-0.3, -0.25) is 5.10 Å². The summed E-state index contributed by atoms with van der Waals surface area (Å²) >= 11 is 0. The molecule has 2 rings (SSSR count). The number of nitrogens with zero attached hydrogens (tertiary/aromatic N) is 2. The predicted molar refractivity (Wildman–Crippen MR) is 63.4 cm³/mol. The minimum Gasteiger partial charge on any atom is -0.465 e. The number of nitrogen functional groups attached to an aromatic ring is 1. The molecule has 0 spiro atoms. The molecule has 7 heteroatoms. The largest absolute Gasteiger partial charge is 0.465 e. The van der Waals surface area contributed by atoms with Gasteiger partial charge in [0.1, 0.15) is 5.69 Å². The van der Waals surface area contributed by atoms with Gasteiger partial charge in [-0.2, -0.15) is 0 Å². The van der Waals surface area contributed by atoms with Gasteiger partial charge < -0.3 is 15.2 Å². The van der Waals surface area contributed by atoms with Gasteiger partial charge in [0, 0.05) is 18.0 Å². The molecular formula is C11H12N4O3. The highest BCUT2D eigenvalue weighted by Gasteiger charge is 2.15. The topological polar surface area (TPSA) is 103 Å². The van der Waals surface area contributed by atoms with E-state index in [1.807, 2.05) is 6.92 Å². The van der Waals surface area contributed by atoms with E-state index in [1.165, 1.54) is 19.4 Å². The molecular weight excluding hydrogens is 236 g/mol. The molecule has 0 saturated carbocycles. The molecule has 2 aromatic rings. The zero-order valence-electron chi connectivity index (χ0n) is 9.93. The van der Waals surface area contributed by atoms with Gasteiger partial charge in [0.15, 0.2) is 0 Å². The zero-order chi connectivity index (χ0) is 13.1. The summed E-state index contributed by atoms with van der Waals surface area (Å²) in [6.45, 7) is 1.83. The van der Waals surface area contributed by atoms with Crippen LogP contribution in [0.25, 0.3) is 0 Å². The molecule has 0 bridgehead atoms.